The number of benzene rings is 3. The highest BCUT2D eigenvalue weighted by atomic mass is 79.9. The number of aliphatic imine (C=N–C) groups is 1. The predicted octanol–water partition coefficient (Wildman–Crippen LogP) is 6.21. The summed E-state index contributed by atoms with van der Waals surface area (Å²) in [5, 5.41) is 13.1. The molecule has 2 aliphatic heterocycles. The Morgan fingerprint density at radius 3 is 2.52 bits per heavy atom. The second-order valence-electron chi connectivity index (χ2n) is 12.1. The predicted molar refractivity (Wildman–Crippen MR) is 188 cm³/mol. The van der Waals surface area contributed by atoms with Gasteiger partial charge in [0.25, 0.3) is 17.7 Å². The van der Waals surface area contributed by atoms with Crippen LogP contribution < -0.4 is 15.8 Å². The van der Waals surface area contributed by atoms with E-state index in [9.17, 15) is 37.2 Å². The molecule has 3 aromatic rings. The van der Waals surface area contributed by atoms with E-state index in [1.807, 2.05) is 0 Å². The number of piperidine rings is 1. The summed E-state index contributed by atoms with van der Waals surface area (Å²) in [5.74, 6) is -3.87. The van der Waals surface area contributed by atoms with Crippen molar-refractivity contribution in [1.82, 2.24) is 15.1 Å². The number of hydrogen-bond donors (Lipinski definition) is 2. The number of hydrogen-bond acceptors (Lipinski definition) is 7. The minimum atomic E-state index is -4.74. The van der Waals surface area contributed by atoms with Crippen LogP contribution >= 0.6 is 15.9 Å². The monoisotopic (exact) mass is 782 g/mol. The first-order valence-electron chi connectivity index (χ1n) is 16.5. The average molecular weight is 784 g/mol. The van der Waals surface area contributed by atoms with Crippen molar-refractivity contribution < 1.29 is 36.7 Å². The number of likely N-dealkylation sites (tertiary alicyclic amines) is 2. The van der Waals surface area contributed by atoms with E-state index in [1.54, 1.807) is 31.2 Å². The molecular formula is C37H35BrF4N6O4. The van der Waals surface area contributed by atoms with Gasteiger partial charge in [-0.3, -0.25) is 19.3 Å². The quantitative estimate of drug-likeness (QED) is 0.109. The number of halogens is 5. The molecule has 272 valence electrons. The second kappa shape index (κ2) is 16.4. The topological polar surface area (TPSA) is 141 Å². The summed E-state index contributed by atoms with van der Waals surface area (Å²) in [6.07, 6.45) is -3.04. The summed E-state index contributed by atoms with van der Waals surface area (Å²) in [7, 11) is 0. The van der Waals surface area contributed by atoms with E-state index in [4.69, 9.17) is 15.5 Å². The molecule has 0 saturated carbocycles. The lowest BCUT2D eigenvalue weighted by Gasteiger charge is -2.41. The van der Waals surface area contributed by atoms with Crippen LogP contribution in [0.25, 0.3) is 0 Å². The lowest BCUT2D eigenvalue weighted by molar-refractivity contribution is -0.137. The van der Waals surface area contributed by atoms with Crippen LogP contribution in [0.1, 0.15) is 53.6 Å². The molecule has 2 heterocycles. The first-order chi connectivity index (χ1) is 24.9. The van der Waals surface area contributed by atoms with Crippen LogP contribution in [0.4, 0.5) is 23.2 Å². The van der Waals surface area contributed by atoms with Crippen molar-refractivity contribution >= 4 is 45.2 Å². The SMILES string of the molecule is CCN1C(=O)[C@H](NC(=O)c2cccc(C(F)(F)F)c2)[C@H](c2ccc(F)cc2)/C(=C(/N)C(=O)N2CCCC2C#N)C1=Nc1cccc(OCCCBr)c1. The number of alkyl halides is 4. The molecule has 0 radical (unpaired) electrons. The van der Waals surface area contributed by atoms with Gasteiger partial charge in [0.15, 0.2) is 0 Å². The zero-order valence-corrected chi connectivity index (χ0v) is 29.6. The van der Waals surface area contributed by atoms with Crippen molar-refractivity contribution in [2.24, 2.45) is 10.7 Å². The molecule has 3 amide bonds. The Hall–Kier alpha value is -5.23. The van der Waals surface area contributed by atoms with Gasteiger partial charge in [-0.05, 0) is 74.2 Å². The zero-order valence-electron chi connectivity index (χ0n) is 28.0. The van der Waals surface area contributed by atoms with Crippen LogP contribution in [0.2, 0.25) is 0 Å². The lowest BCUT2D eigenvalue weighted by atomic mass is 9.78. The van der Waals surface area contributed by atoms with E-state index in [0.717, 1.165) is 36.0 Å². The molecule has 0 aliphatic carbocycles. The van der Waals surface area contributed by atoms with Crippen LogP contribution in [0.15, 0.2) is 89.1 Å². The highest BCUT2D eigenvalue weighted by Crippen LogP contribution is 2.39. The summed E-state index contributed by atoms with van der Waals surface area (Å²) in [5.41, 5.74) is 5.53. The van der Waals surface area contributed by atoms with E-state index in [-0.39, 0.29) is 41.3 Å². The fourth-order valence-corrected chi connectivity index (χ4v) is 6.47. The summed E-state index contributed by atoms with van der Waals surface area (Å²) in [6.45, 7) is 2.26. The van der Waals surface area contributed by atoms with Gasteiger partial charge in [0.1, 0.15) is 35.2 Å². The molecule has 0 aromatic heterocycles. The fraction of sp³-hybridized carbons (Fsp3) is 0.324. The first kappa shape index (κ1) is 38.0. The van der Waals surface area contributed by atoms with Gasteiger partial charge in [0, 0.05) is 41.5 Å². The third kappa shape index (κ3) is 8.28. The minimum Gasteiger partial charge on any atom is -0.493 e. The number of carbonyl (C=O) groups excluding carboxylic acids is 3. The van der Waals surface area contributed by atoms with E-state index in [2.05, 4.69) is 27.3 Å². The zero-order chi connectivity index (χ0) is 37.6. The molecule has 0 spiro atoms. The molecule has 3 N–H and O–H groups in total. The Kier molecular flexibility index (Phi) is 12.0. The van der Waals surface area contributed by atoms with Gasteiger partial charge in [-0.1, -0.05) is 40.2 Å². The minimum absolute atomic E-state index is 0.00148. The summed E-state index contributed by atoms with van der Waals surface area (Å²) in [6, 6.07) is 15.2. The second-order valence-corrected chi connectivity index (χ2v) is 12.9. The van der Waals surface area contributed by atoms with Crippen LogP contribution in [-0.2, 0) is 15.8 Å². The summed E-state index contributed by atoms with van der Waals surface area (Å²) in [4.78, 5) is 49.7. The molecule has 1 unspecified atom stereocenters. The standard InChI is InChI=1S/C37H35BrF4N6O4/c1-2-47-33(45-26-9-4-11-28(20-26)52-18-6-16-38)30(31(44)35(50)48-17-5-10-27(48)21-43)29(22-12-14-25(39)15-13-22)32(36(47)51)46-34(49)23-7-3-8-24(19-23)37(40,41)42/h3-4,7-9,11-15,19-20,27,29,32H,2,5-6,10,16-18,44H2,1H3,(H,46,49)/b31-30-,45-33?/t27?,29-,32-/m1/s1. The number of nitrogens with two attached hydrogens (primary N) is 1. The van der Waals surface area contributed by atoms with Crippen molar-refractivity contribution in [2.75, 3.05) is 25.0 Å². The smallest absolute Gasteiger partial charge is 0.416 e. The average Bonchev–Trinajstić information content (AvgIpc) is 3.62. The van der Waals surface area contributed by atoms with Gasteiger partial charge in [-0.15, -0.1) is 0 Å². The number of nitrogens with one attached hydrogen (secondary N) is 1. The van der Waals surface area contributed by atoms with Crippen LogP contribution in [0, 0.1) is 17.1 Å². The lowest BCUT2D eigenvalue weighted by Crippen LogP contribution is -2.59. The largest absolute Gasteiger partial charge is 0.493 e. The van der Waals surface area contributed by atoms with E-state index in [1.165, 1.54) is 28.0 Å². The number of carbonyl (C=O) groups is 3. The van der Waals surface area contributed by atoms with E-state index < -0.39 is 53.3 Å². The molecule has 2 saturated heterocycles. The molecule has 3 aromatic carbocycles. The molecule has 2 aliphatic rings. The van der Waals surface area contributed by atoms with Crippen molar-refractivity contribution in [1.29, 1.82) is 5.26 Å². The maximum absolute atomic E-state index is 14.5. The fourth-order valence-electron chi connectivity index (χ4n) is 6.24. The van der Waals surface area contributed by atoms with Crippen molar-refractivity contribution in [3.63, 3.8) is 0 Å². The Morgan fingerprint density at radius 2 is 1.85 bits per heavy atom. The molecule has 15 heteroatoms. The third-order valence-corrected chi connectivity index (χ3v) is 9.30. The first-order valence-corrected chi connectivity index (χ1v) is 17.6. The van der Waals surface area contributed by atoms with Crippen molar-refractivity contribution in [3.05, 3.63) is 107 Å². The Morgan fingerprint density at radius 1 is 1.12 bits per heavy atom. The molecule has 2 fully saturated rings. The summed E-state index contributed by atoms with van der Waals surface area (Å²) >= 11 is 3.36. The van der Waals surface area contributed by atoms with Gasteiger partial charge in [0.05, 0.1) is 23.9 Å². The normalized spacial score (nSPS) is 20.8. The van der Waals surface area contributed by atoms with Crippen LogP contribution in [0.3, 0.4) is 0 Å². The molecule has 0 bridgehead atoms. The maximum Gasteiger partial charge on any atom is 0.416 e. The molecular weight excluding hydrogens is 748 g/mol. The van der Waals surface area contributed by atoms with Crippen molar-refractivity contribution in [3.8, 4) is 11.8 Å². The highest BCUT2D eigenvalue weighted by Gasteiger charge is 2.47. The number of nitrogens with zero attached hydrogens (tertiary/aromatic N) is 4. The van der Waals surface area contributed by atoms with E-state index >= 15 is 0 Å². The number of ether oxygens (including phenoxy) is 1. The highest BCUT2D eigenvalue weighted by molar-refractivity contribution is 9.09. The van der Waals surface area contributed by atoms with Gasteiger partial charge < -0.3 is 20.7 Å². The Labute approximate surface area is 306 Å². The van der Waals surface area contributed by atoms with Crippen LogP contribution in [0.5, 0.6) is 5.75 Å². The van der Waals surface area contributed by atoms with Gasteiger partial charge >= 0.3 is 6.18 Å². The Balaban J connectivity index is 1.72. The van der Waals surface area contributed by atoms with Gasteiger partial charge in [-0.25, -0.2) is 9.38 Å². The maximum atomic E-state index is 14.5. The third-order valence-electron chi connectivity index (χ3n) is 8.74. The number of likely N-dealkylation sites (N-methyl/N-ethyl adjacent to an activating group) is 1. The summed E-state index contributed by atoms with van der Waals surface area (Å²) < 4.78 is 60.8. The molecule has 52 heavy (non-hydrogen) atoms. The number of amides is 3. The number of rotatable bonds is 10. The number of nitriles is 1. The molecule has 5 rings (SSSR count). The van der Waals surface area contributed by atoms with Crippen LogP contribution in [-0.4, -0.2) is 70.5 Å². The van der Waals surface area contributed by atoms with E-state index in [0.29, 0.717) is 37.0 Å². The van der Waals surface area contributed by atoms with Gasteiger partial charge in [-0.2, -0.15) is 18.4 Å². The molecule has 10 nitrogen and oxygen atoms in total. The Bertz CT molecular complexity index is 1930. The van der Waals surface area contributed by atoms with Gasteiger partial charge in [0.2, 0.25) is 0 Å². The van der Waals surface area contributed by atoms with Crippen molar-refractivity contribution in [2.45, 2.75) is 50.4 Å². The number of amidine groups is 1. The molecule has 3 atom stereocenters.